The molecule has 2 aromatic rings. The molecule has 0 aliphatic rings. The topological polar surface area (TPSA) is 47.3 Å². The first-order chi connectivity index (χ1) is 9.88. The number of ether oxygens (including phenoxy) is 1. The maximum atomic E-state index is 13.5. The second-order valence-electron chi connectivity index (χ2n) is 3.97. The number of para-hydroxylation sites is 1. The van der Waals surface area contributed by atoms with E-state index in [9.17, 15) is 13.2 Å². The zero-order chi connectivity index (χ0) is 15.6. The lowest BCUT2D eigenvalue weighted by Crippen LogP contribution is -2.06. The van der Waals surface area contributed by atoms with Gasteiger partial charge in [0.25, 0.3) is 0 Å². The molecular weight excluding hydrogens is 328 g/mol. The van der Waals surface area contributed by atoms with Crippen LogP contribution in [0.15, 0.2) is 30.3 Å². The Balaban J connectivity index is 2.40. The lowest BCUT2D eigenvalue weighted by Gasteiger charge is -2.14. The van der Waals surface area contributed by atoms with E-state index in [-0.39, 0.29) is 11.4 Å². The summed E-state index contributed by atoms with van der Waals surface area (Å²) in [6, 6.07) is 6.66. The number of alkyl halides is 2. The number of nitrogen functional groups attached to an aromatic ring is 1. The Kier molecular flexibility index (Phi) is 4.69. The number of halogens is 5. The molecule has 0 saturated heterocycles. The van der Waals surface area contributed by atoms with Gasteiger partial charge in [0.15, 0.2) is 11.6 Å². The summed E-state index contributed by atoms with van der Waals surface area (Å²) in [5.41, 5.74) is 6.09. The van der Waals surface area contributed by atoms with Crippen LogP contribution >= 0.6 is 23.2 Å². The Morgan fingerprint density at radius 1 is 1.14 bits per heavy atom. The van der Waals surface area contributed by atoms with E-state index in [1.54, 1.807) is 18.2 Å². The van der Waals surface area contributed by atoms with Crippen LogP contribution in [0.1, 0.15) is 0 Å². The van der Waals surface area contributed by atoms with Gasteiger partial charge in [-0.25, -0.2) is 4.39 Å². The van der Waals surface area contributed by atoms with Crippen molar-refractivity contribution in [1.29, 1.82) is 0 Å². The molecule has 0 radical (unpaired) electrons. The molecule has 0 aliphatic carbocycles. The molecule has 3 nitrogen and oxygen atoms in total. The van der Waals surface area contributed by atoms with Crippen molar-refractivity contribution in [2.45, 2.75) is 6.61 Å². The van der Waals surface area contributed by atoms with Crippen LogP contribution in [0.4, 0.5) is 30.2 Å². The van der Waals surface area contributed by atoms with Crippen LogP contribution in [0.3, 0.4) is 0 Å². The van der Waals surface area contributed by atoms with E-state index in [0.717, 1.165) is 12.1 Å². The number of nitrogens with one attached hydrogen (secondary N) is 1. The third-order valence-electron chi connectivity index (χ3n) is 2.54. The zero-order valence-corrected chi connectivity index (χ0v) is 11.9. The van der Waals surface area contributed by atoms with Crippen molar-refractivity contribution in [2.75, 3.05) is 11.1 Å². The number of hydrogen-bond acceptors (Lipinski definition) is 3. The molecule has 112 valence electrons. The van der Waals surface area contributed by atoms with Crippen molar-refractivity contribution < 1.29 is 17.9 Å². The molecule has 0 fully saturated rings. The summed E-state index contributed by atoms with van der Waals surface area (Å²) in [4.78, 5) is 0. The van der Waals surface area contributed by atoms with E-state index >= 15 is 0 Å². The van der Waals surface area contributed by atoms with Gasteiger partial charge in [-0.2, -0.15) is 8.78 Å². The number of anilines is 3. The van der Waals surface area contributed by atoms with Gasteiger partial charge in [0, 0.05) is 12.1 Å². The fourth-order valence-corrected chi connectivity index (χ4v) is 2.11. The molecule has 3 N–H and O–H groups in total. The summed E-state index contributed by atoms with van der Waals surface area (Å²) in [5, 5.41) is 3.36. The lowest BCUT2D eigenvalue weighted by molar-refractivity contribution is -0.0521. The van der Waals surface area contributed by atoms with Gasteiger partial charge in [-0.15, -0.1) is 0 Å². The average molecular weight is 337 g/mol. The van der Waals surface area contributed by atoms with Gasteiger partial charge in [-0.1, -0.05) is 29.3 Å². The standard InChI is InChI=1S/C13H9Cl2F3N2O/c14-6-2-1-3-7(15)12(6)20-10-5-11(21-13(17)18)8(16)4-9(10)19/h1-5,13,20H,19H2. The van der Waals surface area contributed by atoms with Crippen LogP contribution in [0.2, 0.25) is 10.0 Å². The first-order valence-electron chi connectivity index (χ1n) is 5.63. The Labute approximate surface area is 128 Å². The second-order valence-corrected chi connectivity index (χ2v) is 4.78. The van der Waals surface area contributed by atoms with Crippen LogP contribution in [0.5, 0.6) is 5.75 Å². The maximum absolute atomic E-state index is 13.5. The highest BCUT2D eigenvalue weighted by molar-refractivity contribution is 6.39. The summed E-state index contributed by atoms with van der Waals surface area (Å²) in [5.74, 6) is -1.63. The number of nitrogens with two attached hydrogens (primary N) is 1. The van der Waals surface area contributed by atoms with Gasteiger partial charge in [0.2, 0.25) is 0 Å². The van der Waals surface area contributed by atoms with Crippen molar-refractivity contribution in [3.8, 4) is 5.75 Å². The Morgan fingerprint density at radius 2 is 1.76 bits per heavy atom. The molecule has 21 heavy (non-hydrogen) atoms. The number of hydrogen-bond donors (Lipinski definition) is 2. The molecule has 0 spiro atoms. The molecule has 8 heteroatoms. The Hall–Kier alpha value is -1.79. The molecule has 0 saturated carbocycles. The minimum absolute atomic E-state index is 0.00916. The molecule has 0 atom stereocenters. The Bertz CT molecular complexity index is 648. The van der Waals surface area contributed by atoms with Gasteiger partial charge in [-0.3, -0.25) is 0 Å². The largest absolute Gasteiger partial charge is 0.432 e. The third-order valence-corrected chi connectivity index (χ3v) is 3.17. The number of rotatable bonds is 4. The summed E-state index contributed by atoms with van der Waals surface area (Å²) in [6.07, 6.45) is 0. The van der Waals surface area contributed by atoms with Crippen molar-refractivity contribution in [2.24, 2.45) is 0 Å². The van der Waals surface area contributed by atoms with Crippen LogP contribution in [-0.4, -0.2) is 6.61 Å². The van der Waals surface area contributed by atoms with E-state index in [1.165, 1.54) is 0 Å². The van der Waals surface area contributed by atoms with Crippen molar-refractivity contribution >= 4 is 40.3 Å². The summed E-state index contributed by atoms with van der Waals surface area (Å²) in [6.45, 7) is -3.15. The summed E-state index contributed by atoms with van der Waals surface area (Å²) in [7, 11) is 0. The summed E-state index contributed by atoms with van der Waals surface area (Å²) < 4.78 is 41.9. The van der Waals surface area contributed by atoms with Gasteiger partial charge >= 0.3 is 6.61 Å². The second kappa shape index (κ2) is 6.32. The lowest BCUT2D eigenvalue weighted by atomic mass is 10.2. The van der Waals surface area contributed by atoms with E-state index in [2.05, 4.69) is 10.1 Å². The highest BCUT2D eigenvalue weighted by atomic mass is 35.5. The van der Waals surface area contributed by atoms with Crippen molar-refractivity contribution in [3.05, 3.63) is 46.2 Å². The van der Waals surface area contributed by atoms with Gasteiger partial charge in [0.05, 0.1) is 27.1 Å². The normalized spacial score (nSPS) is 10.8. The SMILES string of the molecule is Nc1cc(F)c(OC(F)F)cc1Nc1c(Cl)cccc1Cl. The molecule has 0 heterocycles. The van der Waals surface area contributed by atoms with E-state index < -0.39 is 18.2 Å². The summed E-state index contributed by atoms with van der Waals surface area (Å²) >= 11 is 11.9. The third kappa shape index (κ3) is 3.65. The molecule has 0 unspecified atom stereocenters. The molecule has 2 rings (SSSR count). The zero-order valence-electron chi connectivity index (χ0n) is 10.3. The molecule has 0 aromatic heterocycles. The first kappa shape index (κ1) is 15.6. The van der Waals surface area contributed by atoms with Crippen molar-refractivity contribution in [1.82, 2.24) is 0 Å². The highest BCUT2D eigenvalue weighted by Gasteiger charge is 2.15. The minimum atomic E-state index is -3.15. The van der Waals surface area contributed by atoms with Gasteiger partial charge < -0.3 is 15.8 Å². The van der Waals surface area contributed by atoms with Crippen molar-refractivity contribution in [3.63, 3.8) is 0 Å². The molecule has 0 aliphatic heterocycles. The number of benzene rings is 2. The first-order valence-corrected chi connectivity index (χ1v) is 6.39. The predicted molar refractivity (Wildman–Crippen MR) is 77.2 cm³/mol. The fourth-order valence-electron chi connectivity index (χ4n) is 1.62. The van der Waals surface area contributed by atoms with Crippen LogP contribution in [-0.2, 0) is 0 Å². The molecule has 0 bridgehead atoms. The van der Waals surface area contributed by atoms with E-state index in [1.807, 2.05) is 0 Å². The van der Waals surface area contributed by atoms with E-state index in [4.69, 9.17) is 28.9 Å². The molecular formula is C13H9Cl2F3N2O. The van der Waals surface area contributed by atoms with Gasteiger partial charge in [0.1, 0.15) is 0 Å². The monoisotopic (exact) mass is 336 g/mol. The average Bonchev–Trinajstić information content (AvgIpc) is 2.38. The smallest absolute Gasteiger partial charge is 0.387 e. The predicted octanol–water partition coefficient (Wildman–Crippen LogP) is 5.06. The maximum Gasteiger partial charge on any atom is 0.387 e. The Morgan fingerprint density at radius 3 is 2.33 bits per heavy atom. The fraction of sp³-hybridized carbons (Fsp3) is 0.0769. The molecule has 2 aromatic carbocycles. The quantitative estimate of drug-likeness (QED) is 0.767. The van der Waals surface area contributed by atoms with Crippen LogP contribution in [0.25, 0.3) is 0 Å². The van der Waals surface area contributed by atoms with Crippen LogP contribution in [0, 0.1) is 5.82 Å². The van der Waals surface area contributed by atoms with E-state index in [0.29, 0.717) is 15.7 Å². The van der Waals surface area contributed by atoms with Crippen LogP contribution < -0.4 is 15.8 Å². The van der Waals surface area contributed by atoms with Gasteiger partial charge in [-0.05, 0) is 12.1 Å². The minimum Gasteiger partial charge on any atom is -0.432 e. The molecule has 0 amide bonds. The highest BCUT2D eigenvalue weighted by Crippen LogP contribution is 2.36.